The van der Waals surface area contributed by atoms with Crippen molar-refractivity contribution in [2.75, 3.05) is 25.6 Å². The van der Waals surface area contributed by atoms with E-state index < -0.39 is 0 Å². The number of anilines is 1. The molecule has 2 aromatic carbocycles. The predicted octanol–water partition coefficient (Wildman–Crippen LogP) is 4.09. The van der Waals surface area contributed by atoms with Gasteiger partial charge in [-0.25, -0.2) is 4.39 Å². The fourth-order valence-corrected chi connectivity index (χ4v) is 2.15. The van der Waals surface area contributed by atoms with Crippen molar-refractivity contribution in [2.24, 2.45) is 0 Å². The van der Waals surface area contributed by atoms with E-state index >= 15 is 0 Å². The van der Waals surface area contributed by atoms with Gasteiger partial charge in [-0.3, -0.25) is 0 Å². The number of rotatable bonds is 6. The molecule has 0 fully saturated rings. The third kappa shape index (κ3) is 4.13. The van der Waals surface area contributed by atoms with Gasteiger partial charge < -0.3 is 14.8 Å². The Hall–Kier alpha value is -1.75. The van der Waals surface area contributed by atoms with Crippen molar-refractivity contribution in [1.82, 2.24) is 0 Å². The van der Waals surface area contributed by atoms with Crippen LogP contribution in [0.1, 0.15) is 0 Å². The molecule has 20 heavy (non-hydrogen) atoms. The summed E-state index contributed by atoms with van der Waals surface area (Å²) in [6.45, 7) is 1.06. The standard InChI is InChI=1S/C15H15BrFNO2/c1-19-13-5-6-15(14(16)10-13)20-8-7-18-12-4-2-3-11(17)9-12/h2-6,9-10,18H,7-8H2,1H3. The Kier molecular flexibility index (Phi) is 5.24. The van der Waals surface area contributed by atoms with Crippen LogP contribution in [0.4, 0.5) is 10.1 Å². The molecule has 0 saturated carbocycles. The summed E-state index contributed by atoms with van der Waals surface area (Å²) in [6.07, 6.45) is 0. The molecule has 0 aliphatic carbocycles. The highest BCUT2D eigenvalue weighted by atomic mass is 79.9. The third-order valence-electron chi connectivity index (χ3n) is 2.65. The number of halogens is 2. The number of methoxy groups -OCH3 is 1. The van der Waals surface area contributed by atoms with E-state index in [0.29, 0.717) is 13.2 Å². The normalized spacial score (nSPS) is 10.2. The largest absolute Gasteiger partial charge is 0.497 e. The van der Waals surface area contributed by atoms with Gasteiger partial charge in [0.2, 0.25) is 0 Å². The third-order valence-corrected chi connectivity index (χ3v) is 3.27. The van der Waals surface area contributed by atoms with Crippen LogP contribution in [0.25, 0.3) is 0 Å². The van der Waals surface area contributed by atoms with Crippen molar-refractivity contribution in [3.63, 3.8) is 0 Å². The second-order valence-corrected chi connectivity index (χ2v) is 4.94. The van der Waals surface area contributed by atoms with Crippen molar-refractivity contribution < 1.29 is 13.9 Å². The molecule has 0 heterocycles. The molecule has 0 bridgehead atoms. The summed E-state index contributed by atoms with van der Waals surface area (Å²) in [4.78, 5) is 0. The van der Waals surface area contributed by atoms with Crippen molar-refractivity contribution in [1.29, 1.82) is 0 Å². The lowest BCUT2D eigenvalue weighted by atomic mass is 10.3. The molecule has 3 nitrogen and oxygen atoms in total. The van der Waals surface area contributed by atoms with Crippen molar-refractivity contribution in [3.8, 4) is 11.5 Å². The van der Waals surface area contributed by atoms with Crippen LogP contribution in [0.3, 0.4) is 0 Å². The van der Waals surface area contributed by atoms with E-state index in [4.69, 9.17) is 9.47 Å². The van der Waals surface area contributed by atoms with Gasteiger partial charge in [0.05, 0.1) is 11.6 Å². The van der Waals surface area contributed by atoms with Gasteiger partial charge in [0.15, 0.2) is 0 Å². The van der Waals surface area contributed by atoms with E-state index in [1.807, 2.05) is 24.3 Å². The highest BCUT2D eigenvalue weighted by molar-refractivity contribution is 9.10. The maximum atomic E-state index is 13.0. The highest BCUT2D eigenvalue weighted by Gasteiger charge is 2.02. The van der Waals surface area contributed by atoms with Crippen molar-refractivity contribution >= 4 is 21.6 Å². The van der Waals surface area contributed by atoms with E-state index in [1.54, 1.807) is 13.2 Å². The van der Waals surface area contributed by atoms with Gasteiger partial charge in [-0.1, -0.05) is 6.07 Å². The molecule has 106 valence electrons. The zero-order valence-corrected chi connectivity index (χ0v) is 12.6. The molecule has 1 N–H and O–H groups in total. The quantitative estimate of drug-likeness (QED) is 0.804. The van der Waals surface area contributed by atoms with E-state index in [9.17, 15) is 4.39 Å². The van der Waals surface area contributed by atoms with E-state index in [-0.39, 0.29) is 5.82 Å². The summed E-state index contributed by atoms with van der Waals surface area (Å²) >= 11 is 3.42. The van der Waals surface area contributed by atoms with Gasteiger partial charge in [0, 0.05) is 12.2 Å². The van der Waals surface area contributed by atoms with Crippen LogP contribution in [-0.2, 0) is 0 Å². The SMILES string of the molecule is COc1ccc(OCCNc2cccc(F)c2)c(Br)c1. The number of benzene rings is 2. The summed E-state index contributed by atoms with van der Waals surface area (Å²) in [6, 6.07) is 11.9. The smallest absolute Gasteiger partial charge is 0.133 e. The molecule has 0 saturated heterocycles. The topological polar surface area (TPSA) is 30.5 Å². The molecule has 0 aromatic heterocycles. The predicted molar refractivity (Wildman–Crippen MR) is 81.1 cm³/mol. The second-order valence-electron chi connectivity index (χ2n) is 4.08. The summed E-state index contributed by atoms with van der Waals surface area (Å²) < 4.78 is 24.6. The first-order valence-electron chi connectivity index (χ1n) is 6.15. The van der Waals surface area contributed by atoms with Gasteiger partial charge in [-0.2, -0.15) is 0 Å². The van der Waals surface area contributed by atoms with Gasteiger partial charge in [-0.05, 0) is 52.3 Å². The first kappa shape index (κ1) is 14.7. The molecule has 0 radical (unpaired) electrons. The molecular weight excluding hydrogens is 325 g/mol. The van der Waals surface area contributed by atoms with E-state index in [1.165, 1.54) is 12.1 Å². The van der Waals surface area contributed by atoms with Crippen molar-refractivity contribution in [2.45, 2.75) is 0 Å². The zero-order valence-electron chi connectivity index (χ0n) is 11.0. The Morgan fingerprint density at radius 1 is 1.20 bits per heavy atom. The minimum absolute atomic E-state index is 0.256. The van der Waals surface area contributed by atoms with Crippen molar-refractivity contribution in [3.05, 3.63) is 52.8 Å². The molecular formula is C15H15BrFNO2. The maximum Gasteiger partial charge on any atom is 0.133 e. The lowest BCUT2D eigenvalue weighted by molar-refractivity contribution is 0.329. The fraction of sp³-hybridized carbons (Fsp3) is 0.200. The van der Waals surface area contributed by atoms with E-state index in [0.717, 1.165) is 21.7 Å². The summed E-state index contributed by atoms with van der Waals surface area (Å²) in [7, 11) is 1.62. The van der Waals surface area contributed by atoms with Gasteiger partial charge in [-0.15, -0.1) is 0 Å². The molecule has 2 rings (SSSR count). The summed E-state index contributed by atoms with van der Waals surface area (Å²) in [5, 5.41) is 3.09. The van der Waals surface area contributed by atoms with Crippen LogP contribution >= 0.6 is 15.9 Å². The fourth-order valence-electron chi connectivity index (χ4n) is 1.68. The van der Waals surface area contributed by atoms with Crippen LogP contribution in [0.15, 0.2) is 46.9 Å². The molecule has 0 spiro atoms. The van der Waals surface area contributed by atoms with Gasteiger partial charge >= 0.3 is 0 Å². The average Bonchev–Trinajstić information content (AvgIpc) is 2.45. The Bertz CT molecular complexity index is 578. The number of hydrogen-bond acceptors (Lipinski definition) is 3. The molecule has 2 aromatic rings. The number of nitrogens with one attached hydrogen (secondary N) is 1. The van der Waals surface area contributed by atoms with E-state index in [2.05, 4.69) is 21.2 Å². The van der Waals surface area contributed by atoms with Crippen LogP contribution < -0.4 is 14.8 Å². The number of hydrogen-bond donors (Lipinski definition) is 1. The zero-order chi connectivity index (χ0) is 14.4. The molecule has 0 amide bonds. The Morgan fingerprint density at radius 3 is 2.75 bits per heavy atom. The van der Waals surface area contributed by atoms with Gasteiger partial charge in [0.25, 0.3) is 0 Å². The monoisotopic (exact) mass is 339 g/mol. The molecule has 0 aliphatic rings. The lowest BCUT2D eigenvalue weighted by Crippen LogP contribution is -2.11. The Labute approximate surface area is 125 Å². The van der Waals surface area contributed by atoms with Crippen LogP contribution in [0, 0.1) is 5.82 Å². The Balaban J connectivity index is 1.81. The molecule has 5 heteroatoms. The number of ether oxygens (including phenoxy) is 2. The van der Waals surface area contributed by atoms with Crippen LogP contribution in [-0.4, -0.2) is 20.3 Å². The molecule has 0 unspecified atom stereocenters. The maximum absolute atomic E-state index is 13.0. The minimum Gasteiger partial charge on any atom is -0.497 e. The molecule has 0 atom stereocenters. The minimum atomic E-state index is -0.256. The summed E-state index contributed by atoms with van der Waals surface area (Å²) in [5.74, 6) is 1.25. The second kappa shape index (κ2) is 7.14. The molecule has 0 aliphatic heterocycles. The van der Waals surface area contributed by atoms with Gasteiger partial charge in [0.1, 0.15) is 23.9 Å². The lowest BCUT2D eigenvalue weighted by Gasteiger charge is -2.11. The highest BCUT2D eigenvalue weighted by Crippen LogP contribution is 2.28. The average molecular weight is 340 g/mol. The first-order chi connectivity index (χ1) is 9.69. The van der Waals surface area contributed by atoms with Crippen LogP contribution in [0.2, 0.25) is 0 Å². The van der Waals surface area contributed by atoms with Crippen LogP contribution in [0.5, 0.6) is 11.5 Å². The first-order valence-corrected chi connectivity index (χ1v) is 6.94. The summed E-state index contributed by atoms with van der Waals surface area (Å²) in [5.41, 5.74) is 0.738. The Morgan fingerprint density at radius 2 is 2.05 bits per heavy atom.